The summed E-state index contributed by atoms with van der Waals surface area (Å²) in [5, 5.41) is 9.81. The van der Waals surface area contributed by atoms with Crippen LogP contribution in [0.5, 0.6) is 0 Å². The van der Waals surface area contributed by atoms with Gasteiger partial charge >= 0.3 is 0 Å². The average molecular weight is 389 g/mol. The van der Waals surface area contributed by atoms with Gasteiger partial charge in [0.05, 0.1) is 5.60 Å². The second-order valence-corrected chi connectivity index (χ2v) is 8.27. The summed E-state index contributed by atoms with van der Waals surface area (Å²) in [6.45, 7) is 8.73. The van der Waals surface area contributed by atoms with Gasteiger partial charge in [-0.05, 0) is 36.0 Å². The van der Waals surface area contributed by atoms with Crippen LogP contribution in [0.1, 0.15) is 39.2 Å². The third-order valence-corrected chi connectivity index (χ3v) is 5.30. The third kappa shape index (κ3) is 4.27. The number of carboxylic acid groups (broad SMARTS) is 1. The van der Waals surface area contributed by atoms with E-state index in [2.05, 4.69) is 43.1 Å². The average Bonchev–Trinajstić information content (AvgIpc) is 3.08. The Bertz CT molecular complexity index is 835. The maximum absolute atomic E-state index is 11.3. The smallest absolute Gasteiger partial charge is 0.298 e. The molecule has 3 heterocycles. The molecule has 8 nitrogen and oxygen atoms in total. The summed E-state index contributed by atoms with van der Waals surface area (Å²) in [5.74, 6) is -0.0262. The molecule has 0 radical (unpaired) electrons. The number of ether oxygens (including phenoxy) is 1. The lowest BCUT2D eigenvalue weighted by Gasteiger charge is -2.43. The summed E-state index contributed by atoms with van der Waals surface area (Å²) < 4.78 is 11.8. The minimum absolute atomic E-state index is 0.0262. The van der Waals surface area contributed by atoms with E-state index in [-0.39, 0.29) is 30.0 Å². The van der Waals surface area contributed by atoms with Crippen molar-refractivity contribution in [2.24, 2.45) is 0 Å². The van der Waals surface area contributed by atoms with Crippen LogP contribution in [0.2, 0.25) is 0 Å². The predicted octanol–water partition coefficient (Wildman–Crippen LogP) is 2.31. The Morgan fingerprint density at radius 3 is 2.54 bits per heavy atom. The van der Waals surface area contributed by atoms with E-state index in [1.165, 1.54) is 5.56 Å². The predicted molar refractivity (Wildman–Crippen MR) is 105 cm³/mol. The van der Waals surface area contributed by atoms with E-state index in [0.29, 0.717) is 12.6 Å². The van der Waals surface area contributed by atoms with Crippen LogP contribution in [0.4, 0.5) is 6.01 Å². The first kappa shape index (κ1) is 20.1. The quantitative estimate of drug-likeness (QED) is 0.721. The van der Waals surface area contributed by atoms with E-state index in [9.17, 15) is 4.79 Å². The van der Waals surface area contributed by atoms with Crippen molar-refractivity contribution in [1.82, 2.24) is 10.3 Å². The maximum Gasteiger partial charge on any atom is 0.298 e. The first-order valence-corrected chi connectivity index (χ1v) is 9.41. The molecule has 28 heavy (non-hydrogen) atoms. The fraction of sp³-hybridized carbons (Fsp3) is 0.550. The highest BCUT2D eigenvalue weighted by Gasteiger charge is 2.39. The Balaban J connectivity index is 0.000000706. The number of nitrogens with zero attached hydrogens (tertiary/aromatic N) is 2. The van der Waals surface area contributed by atoms with Gasteiger partial charge in [-0.2, -0.15) is 4.98 Å². The summed E-state index contributed by atoms with van der Waals surface area (Å²) in [5.41, 5.74) is 2.85. The molecule has 0 saturated carbocycles. The van der Waals surface area contributed by atoms with Crippen LogP contribution in [0.15, 0.2) is 22.6 Å². The first-order chi connectivity index (χ1) is 13.3. The van der Waals surface area contributed by atoms with Gasteiger partial charge in [0.15, 0.2) is 5.58 Å². The zero-order valence-corrected chi connectivity index (χ0v) is 16.5. The Morgan fingerprint density at radius 1 is 1.29 bits per heavy atom. The summed E-state index contributed by atoms with van der Waals surface area (Å²) in [4.78, 5) is 26.5. The standard InChI is InChI=1S/C19H25N3O3.CH2O2/c1-18(2,3)13-4-5-15-14(10-13)21-17(25-15)22-8-6-19(7-9-22)12-20-16(23)11-24-19;2-1-3/h4-5,10H,6-9,11-12H2,1-3H3,(H,20,23);1H,(H,2,3). The number of morpholine rings is 1. The molecule has 152 valence electrons. The summed E-state index contributed by atoms with van der Waals surface area (Å²) in [6, 6.07) is 6.92. The minimum Gasteiger partial charge on any atom is -0.483 e. The molecule has 4 rings (SSSR count). The van der Waals surface area contributed by atoms with Gasteiger partial charge in [-0.25, -0.2) is 0 Å². The third-order valence-electron chi connectivity index (χ3n) is 5.30. The zero-order chi connectivity index (χ0) is 20.4. The van der Waals surface area contributed by atoms with E-state index in [1.807, 2.05) is 6.07 Å². The molecule has 1 aromatic heterocycles. The zero-order valence-electron chi connectivity index (χ0n) is 16.5. The molecule has 2 aliphatic heterocycles. The number of carbonyl (C=O) groups is 2. The molecular weight excluding hydrogens is 362 g/mol. The van der Waals surface area contributed by atoms with Crippen molar-refractivity contribution < 1.29 is 23.8 Å². The van der Waals surface area contributed by atoms with Crippen LogP contribution >= 0.6 is 0 Å². The molecule has 0 aliphatic carbocycles. The van der Waals surface area contributed by atoms with Crippen molar-refractivity contribution in [3.8, 4) is 0 Å². The first-order valence-electron chi connectivity index (χ1n) is 9.41. The number of piperidine rings is 1. The van der Waals surface area contributed by atoms with Crippen molar-refractivity contribution in [3.63, 3.8) is 0 Å². The van der Waals surface area contributed by atoms with Gasteiger partial charge in [-0.3, -0.25) is 9.59 Å². The fourth-order valence-electron chi connectivity index (χ4n) is 3.52. The molecule has 1 aromatic carbocycles. The SMILES string of the molecule is CC(C)(C)c1ccc2oc(N3CCC4(CC3)CNC(=O)CO4)nc2c1.O=CO. The Labute approximate surface area is 163 Å². The van der Waals surface area contributed by atoms with Crippen LogP contribution in [0.3, 0.4) is 0 Å². The van der Waals surface area contributed by atoms with Gasteiger partial charge in [0.2, 0.25) is 5.91 Å². The molecule has 1 spiro atoms. The van der Waals surface area contributed by atoms with Crippen LogP contribution in [0, 0.1) is 0 Å². The van der Waals surface area contributed by atoms with Crippen molar-refractivity contribution >= 4 is 29.5 Å². The molecule has 2 saturated heterocycles. The Hall–Kier alpha value is -2.61. The summed E-state index contributed by atoms with van der Waals surface area (Å²) in [6.07, 6.45) is 1.72. The molecule has 2 aromatic rings. The minimum atomic E-state index is -0.250. The highest BCUT2D eigenvalue weighted by atomic mass is 16.5. The van der Waals surface area contributed by atoms with E-state index in [4.69, 9.17) is 24.0 Å². The van der Waals surface area contributed by atoms with Gasteiger partial charge in [-0.1, -0.05) is 26.8 Å². The maximum atomic E-state index is 11.3. The number of fused-ring (bicyclic) bond motifs is 1. The second kappa shape index (κ2) is 7.79. The van der Waals surface area contributed by atoms with Crippen molar-refractivity contribution in [3.05, 3.63) is 23.8 Å². The Kier molecular flexibility index (Phi) is 5.60. The van der Waals surface area contributed by atoms with Crippen molar-refractivity contribution in [2.75, 3.05) is 31.1 Å². The van der Waals surface area contributed by atoms with E-state index in [1.54, 1.807) is 0 Å². The number of anilines is 1. The number of hydrogen-bond acceptors (Lipinski definition) is 6. The number of amides is 1. The van der Waals surface area contributed by atoms with Crippen molar-refractivity contribution in [1.29, 1.82) is 0 Å². The van der Waals surface area contributed by atoms with Crippen LogP contribution < -0.4 is 10.2 Å². The van der Waals surface area contributed by atoms with Gasteiger partial charge in [0.1, 0.15) is 12.1 Å². The van der Waals surface area contributed by atoms with E-state index < -0.39 is 0 Å². The highest BCUT2D eigenvalue weighted by molar-refractivity contribution is 5.78. The molecule has 8 heteroatoms. The number of hydrogen-bond donors (Lipinski definition) is 2. The molecule has 0 bridgehead atoms. The fourth-order valence-corrected chi connectivity index (χ4v) is 3.52. The monoisotopic (exact) mass is 389 g/mol. The number of nitrogens with one attached hydrogen (secondary N) is 1. The van der Waals surface area contributed by atoms with Gasteiger partial charge < -0.3 is 24.5 Å². The van der Waals surface area contributed by atoms with Gasteiger partial charge in [0, 0.05) is 19.6 Å². The van der Waals surface area contributed by atoms with Crippen molar-refractivity contribution in [2.45, 2.75) is 44.6 Å². The van der Waals surface area contributed by atoms with Crippen LogP contribution in [0.25, 0.3) is 11.1 Å². The topological polar surface area (TPSA) is 105 Å². The normalized spacial score (nSPS) is 19.1. The lowest BCUT2D eigenvalue weighted by molar-refractivity contribution is -0.146. The highest BCUT2D eigenvalue weighted by Crippen LogP contribution is 2.32. The van der Waals surface area contributed by atoms with Gasteiger partial charge in [-0.15, -0.1) is 0 Å². The molecule has 2 N–H and O–H groups in total. The Morgan fingerprint density at radius 2 is 1.96 bits per heavy atom. The lowest BCUT2D eigenvalue weighted by atomic mass is 9.87. The largest absolute Gasteiger partial charge is 0.483 e. The van der Waals surface area contributed by atoms with Crippen LogP contribution in [-0.4, -0.2) is 54.3 Å². The summed E-state index contributed by atoms with van der Waals surface area (Å²) in [7, 11) is 0. The number of rotatable bonds is 1. The number of oxazole rings is 1. The number of aromatic nitrogens is 1. The molecular formula is C20H27N3O5. The molecule has 0 unspecified atom stereocenters. The number of benzene rings is 1. The molecule has 2 fully saturated rings. The van der Waals surface area contributed by atoms with E-state index in [0.717, 1.165) is 37.0 Å². The van der Waals surface area contributed by atoms with E-state index >= 15 is 0 Å². The van der Waals surface area contributed by atoms with Gasteiger partial charge in [0.25, 0.3) is 12.5 Å². The molecule has 1 amide bonds. The summed E-state index contributed by atoms with van der Waals surface area (Å²) >= 11 is 0. The lowest BCUT2D eigenvalue weighted by Crippen LogP contribution is -2.57. The van der Waals surface area contributed by atoms with Crippen LogP contribution in [-0.2, 0) is 19.7 Å². The number of carbonyl (C=O) groups excluding carboxylic acids is 1. The molecule has 0 atom stereocenters. The second-order valence-electron chi connectivity index (χ2n) is 8.27. The molecule has 2 aliphatic rings.